The molecule has 2 amide bonds. The van der Waals surface area contributed by atoms with Gasteiger partial charge < -0.3 is 15.0 Å². The fourth-order valence-electron chi connectivity index (χ4n) is 4.23. The van der Waals surface area contributed by atoms with Crippen molar-refractivity contribution in [3.05, 3.63) is 95.6 Å². The Labute approximate surface area is 231 Å². The van der Waals surface area contributed by atoms with Gasteiger partial charge in [-0.1, -0.05) is 60.2 Å². The maximum Gasteiger partial charge on any atom is 0.244 e. The molecule has 3 rings (SSSR count). The van der Waals surface area contributed by atoms with Crippen molar-refractivity contribution in [3.8, 4) is 5.75 Å². The van der Waals surface area contributed by atoms with Crippen LogP contribution in [-0.2, 0) is 32.6 Å². The summed E-state index contributed by atoms with van der Waals surface area (Å²) >= 11 is 0. The minimum atomic E-state index is -3.80. The van der Waals surface area contributed by atoms with Gasteiger partial charge in [-0.3, -0.25) is 13.9 Å². The molecule has 0 fully saturated rings. The van der Waals surface area contributed by atoms with E-state index in [1.54, 1.807) is 43.5 Å². The van der Waals surface area contributed by atoms with Crippen LogP contribution in [0.4, 0.5) is 5.69 Å². The van der Waals surface area contributed by atoms with Gasteiger partial charge in [-0.25, -0.2) is 8.42 Å². The van der Waals surface area contributed by atoms with Gasteiger partial charge in [-0.05, 0) is 56.2 Å². The van der Waals surface area contributed by atoms with E-state index >= 15 is 0 Å². The molecule has 1 atom stereocenters. The number of aryl methyl sites for hydroxylation is 1. The quantitative estimate of drug-likeness (QED) is 0.368. The Morgan fingerprint density at radius 1 is 0.923 bits per heavy atom. The second kappa shape index (κ2) is 13.3. The first-order valence-corrected chi connectivity index (χ1v) is 14.6. The number of benzene rings is 3. The van der Waals surface area contributed by atoms with E-state index in [9.17, 15) is 18.0 Å². The van der Waals surface area contributed by atoms with Crippen molar-refractivity contribution in [2.75, 3.05) is 24.2 Å². The monoisotopic (exact) mass is 551 g/mol. The first-order chi connectivity index (χ1) is 18.5. The Bertz CT molecular complexity index is 1360. The number of carbonyl (C=O) groups excluding carboxylic acids is 2. The van der Waals surface area contributed by atoms with E-state index in [-0.39, 0.29) is 24.9 Å². The van der Waals surface area contributed by atoms with Crippen LogP contribution in [0.5, 0.6) is 5.75 Å². The van der Waals surface area contributed by atoms with E-state index in [1.807, 2.05) is 63.2 Å². The average Bonchev–Trinajstić information content (AvgIpc) is 2.89. The fraction of sp³-hybridized carbons (Fsp3) is 0.333. The smallest absolute Gasteiger partial charge is 0.244 e. The Hall–Kier alpha value is -3.85. The number of methoxy groups -OCH3 is 1. The summed E-state index contributed by atoms with van der Waals surface area (Å²) in [7, 11) is -2.24. The SMILES string of the molecule is COc1cccc(CN(C(=O)CN(c2ccc(C)cc2)S(C)(=O)=O)C(Cc2ccccc2)C(=O)NC(C)C)c1. The average molecular weight is 552 g/mol. The number of nitrogens with zero attached hydrogens (tertiary/aromatic N) is 2. The predicted octanol–water partition coefficient (Wildman–Crippen LogP) is 3.93. The molecule has 0 aliphatic carbocycles. The summed E-state index contributed by atoms with van der Waals surface area (Å²) in [5.41, 5.74) is 2.97. The van der Waals surface area contributed by atoms with E-state index in [0.29, 0.717) is 11.4 Å². The van der Waals surface area contributed by atoms with Crippen LogP contribution in [-0.4, -0.2) is 57.1 Å². The summed E-state index contributed by atoms with van der Waals surface area (Å²) < 4.78 is 32.1. The number of nitrogens with one attached hydrogen (secondary N) is 1. The third-order valence-corrected chi connectivity index (χ3v) is 7.33. The zero-order valence-electron chi connectivity index (χ0n) is 23.1. The van der Waals surface area contributed by atoms with Crippen molar-refractivity contribution in [1.82, 2.24) is 10.2 Å². The highest BCUT2D eigenvalue weighted by molar-refractivity contribution is 7.92. The molecule has 0 spiro atoms. The van der Waals surface area contributed by atoms with Crippen molar-refractivity contribution < 1.29 is 22.7 Å². The molecule has 0 aliphatic heterocycles. The van der Waals surface area contributed by atoms with Gasteiger partial charge >= 0.3 is 0 Å². The van der Waals surface area contributed by atoms with E-state index < -0.39 is 28.5 Å². The maximum atomic E-state index is 14.0. The van der Waals surface area contributed by atoms with E-state index in [0.717, 1.165) is 27.3 Å². The van der Waals surface area contributed by atoms with Gasteiger partial charge in [0.25, 0.3) is 0 Å². The summed E-state index contributed by atoms with van der Waals surface area (Å²) in [5, 5.41) is 2.94. The molecule has 3 aromatic carbocycles. The standard InChI is InChI=1S/C30H37N3O5S/c1-22(2)31-30(35)28(19-24-10-7-6-8-11-24)32(20-25-12-9-13-27(18-25)38-4)29(34)21-33(39(5,36)37)26-16-14-23(3)15-17-26/h6-18,22,28H,19-21H2,1-5H3,(H,31,35). The number of ether oxygens (including phenoxy) is 1. The molecule has 1 N–H and O–H groups in total. The molecule has 3 aromatic rings. The predicted molar refractivity (Wildman–Crippen MR) is 154 cm³/mol. The highest BCUT2D eigenvalue weighted by atomic mass is 32.2. The van der Waals surface area contributed by atoms with Crippen LogP contribution in [0, 0.1) is 6.92 Å². The Kier molecular flexibility index (Phi) is 10.1. The summed E-state index contributed by atoms with van der Waals surface area (Å²) in [4.78, 5) is 29.0. The number of sulfonamides is 1. The Morgan fingerprint density at radius 3 is 2.15 bits per heavy atom. The minimum Gasteiger partial charge on any atom is -0.497 e. The summed E-state index contributed by atoms with van der Waals surface area (Å²) in [6.45, 7) is 5.25. The highest BCUT2D eigenvalue weighted by Gasteiger charge is 2.33. The lowest BCUT2D eigenvalue weighted by atomic mass is 10.0. The fourth-order valence-corrected chi connectivity index (χ4v) is 5.08. The third-order valence-electron chi connectivity index (χ3n) is 6.19. The number of hydrogen-bond donors (Lipinski definition) is 1. The molecular formula is C30H37N3O5S. The largest absolute Gasteiger partial charge is 0.497 e. The lowest BCUT2D eigenvalue weighted by Gasteiger charge is -2.34. The number of carbonyl (C=O) groups is 2. The lowest BCUT2D eigenvalue weighted by Crippen LogP contribution is -2.54. The first-order valence-electron chi connectivity index (χ1n) is 12.8. The first kappa shape index (κ1) is 29.7. The van der Waals surface area contributed by atoms with Gasteiger partial charge in [0, 0.05) is 19.0 Å². The van der Waals surface area contributed by atoms with E-state index in [1.165, 1.54) is 4.90 Å². The lowest BCUT2D eigenvalue weighted by molar-refractivity contribution is -0.140. The molecule has 0 aliphatic rings. The zero-order chi connectivity index (χ0) is 28.6. The highest BCUT2D eigenvalue weighted by Crippen LogP contribution is 2.22. The molecule has 8 nitrogen and oxygen atoms in total. The molecule has 0 saturated heterocycles. The van der Waals surface area contributed by atoms with Crippen molar-refractivity contribution in [3.63, 3.8) is 0 Å². The molecule has 0 radical (unpaired) electrons. The van der Waals surface area contributed by atoms with Crippen LogP contribution in [0.15, 0.2) is 78.9 Å². The molecule has 208 valence electrons. The zero-order valence-corrected chi connectivity index (χ0v) is 23.9. The summed E-state index contributed by atoms with van der Waals surface area (Å²) in [6, 6.07) is 22.6. The van der Waals surface area contributed by atoms with Gasteiger partial charge in [0.05, 0.1) is 19.1 Å². The van der Waals surface area contributed by atoms with Crippen LogP contribution in [0.1, 0.15) is 30.5 Å². The molecule has 0 heterocycles. The number of anilines is 1. The number of hydrogen-bond acceptors (Lipinski definition) is 5. The second-order valence-corrected chi connectivity index (χ2v) is 11.8. The summed E-state index contributed by atoms with van der Waals surface area (Å²) in [6.07, 6.45) is 1.33. The summed E-state index contributed by atoms with van der Waals surface area (Å²) in [5.74, 6) is -0.196. The van der Waals surface area contributed by atoms with Crippen molar-refractivity contribution in [2.45, 2.75) is 45.8 Å². The normalized spacial score (nSPS) is 12.1. The molecule has 9 heteroatoms. The van der Waals surface area contributed by atoms with Gasteiger partial charge in [0.1, 0.15) is 18.3 Å². The van der Waals surface area contributed by atoms with Crippen LogP contribution >= 0.6 is 0 Å². The Balaban J connectivity index is 2.06. The molecule has 39 heavy (non-hydrogen) atoms. The second-order valence-electron chi connectivity index (χ2n) is 9.85. The number of amides is 2. The molecule has 0 bridgehead atoms. The third kappa shape index (κ3) is 8.58. The maximum absolute atomic E-state index is 14.0. The van der Waals surface area contributed by atoms with Crippen molar-refractivity contribution in [2.24, 2.45) is 0 Å². The van der Waals surface area contributed by atoms with Crippen LogP contribution in [0.2, 0.25) is 0 Å². The van der Waals surface area contributed by atoms with Crippen molar-refractivity contribution >= 4 is 27.5 Å². The van der Waals surface area contributed by atoms with Gasteiger partial charge in [-0.15, -0.1) is 0 Å². The molecule has 1 unspecified atom stereocenters. The topological polar surface area (TPSA) is 96.0 Å². The minimum absolute atomic E-state index is 0.0878. The Morgan fingerprint density at radius 2 is 1.56 bits per heavy atom. The molecule has 0 saturated carbocycles. The van der Waals surface area contributed by atoms with Gasteiger partial charge in [-0.2, -0.15) is 0 Å². The van der Waals surface area contributed by atoms with E-state index in [4.69, 9.17) is 4.74 Å². The van der Waals surface area contributed by atoms with Gasteiger partial charge in [0.15, 0.2) is 0 Å². The molecule has 0 aromatic heterocycles. The van der Waals surface area contributed by atoms with Crippen LogP contribution in [0.3, 0.4) is 0 Å². The molecular weight excluding hydrogens is 514 g/mol. The van der Waals surface area contributed by atoms with Gasteiger partial charge in [0.2, 0.25) is 21.8 Å². The van der Waals surface area contributed by atoms with Crippen molar-refractivity contribution in [1.29, 1.82) is 0 Å². The van der Waals surface area contributed by atoms with Crippen LogP contribution in [0.25, 0.3) is 0 Å². The van der Waals surface area contributed by atoms with Crippen LogP contribution < -0.4 is 14.4 Å². The number of rotatable bonds is 12. The van der Waals surface area contributed by atoms with E-state index in [2.05, 4.69) is 5.32 Å².